The number of rotatable bonds is 0. The van der Waals surface area contributed by atoms with Gasteiger partial charge in [0.2, 0.25) is 0 Å². The van der Waals surface area contributed by atoms with Crippen LogP contribution in [0.25, 0.3) is 0 Å². The van der Waals surface area contributed by atoms with Crippen LogP contribution in [0.5, 0.6) is 0 Å². The molecule has 714 valence electrons. The van der Waals surface area contributed by atoms with Gasteiger partial charge >= 0.3 is 0 Å². The van der Waals surface area contributed by atoms with E-state index in [-0.39, 0.29) is 59.6 Å². The molecule has 0 unspecified atom stereocenters. The van der Waals surface area contributed by atoms with Crippen molar-refractivity contribution in [3.63, 3.8) is 0 Å². The summed E-state index contributed by atoms with van der Waals surface area (Å²) in [5.41, 5.74) is 23.3. The number of hydrogen-bond acceptors (Lipinski definition) is 14. The third kappa shape index (κ3) is 50.8. The second-order valence-corrected chi connectivity index (χ2v) is 46.9. The van der Waals surface area contributed by atoms with Crippen molar-refractivity contribution >= 4 is 0 Å². The molecule has 0 spiro atoms. The highest BCUT2D eigenvalue weighted by molar-refractivity contribution is 5.35. The van der Waals surface area contributed by atoms with E-state index in [1.165, 1.54) is 55.6 Å². The van der Waals surface area contributed by atoms with Crippen LogP contribution in [0.1, 0.15) is 379 Å². The molecule has 0 saturated heterocycles. The molecule has 12 aromatic rings. The Hall–Kier alpha value is -10.3. The highest BCUT2D eigenvalue weighted by atomic mass is 14.9. The van der Waals surface area contributed by atoms with Crippen molar-refractivity contribution in [3.05, 3.63) is 344 Å². The number of aromatic nitrogens is 14. The summed E-state index contributed by atoms with van der Waals surface area (Å²) in [4.78, 5) is 59.4. The van der Waals surface area contributed by atoms with Crippen molar-refractivity contribution < 1.29 is 0 Å². The predicted octanol–water partition coefficient (Wildman–Crippen LogP) is 30.7. The Balaban J connectivity index is 0.000000715. The fourth-order valence-corrected chi connectivity index (χ4v) is 11.1. The normalized spacial score (nSPS) is 11.6. The Morgan fingerprint density at radius 2 is 0.359 bits per heavy atom. The van der Waals surface area contributed by atoms with Gasteiger partial charge in [-0.1, -0.05) is 375 Å². The average molecular weight is 1780 g/mol. The van der Waals surface area contributed by atoms with E-state index in [0.29, 0.717) is 5.41 Å². The predicted molar refractivity (Wildman–Crippen MR) is 563 cm³/mol. The molecule has 4 aromatic carbocycles. The molecule has 8 aromatic heterocycles. The lowest BCUT2D eigenvalue weighted by Gasteiger charge is -2.21. The second kappa shape index (κ2) is 52.2. The van der Waals surface area contributed by atoms with Gasteiger partial charge in [-0.3, -0.25) is 9.97 Å². The first-order chi connectivity index (χ1) is 59.6. The molecule has 0 saturated carbocycles. The van der Waals surface area contributed by atoms with Crippen LogP contribution < -0.4 is 0 Å². The summed E-state index contributed by atoms with van der Waals surface area (Å²) < 4.78 is 0. The smallest absolute Gasteiger partial charge is 0.133 e. The van der Waals surface area contributed by atoms with E-state index in [1.54, 1.807) is 12.4 Å². The van der Waals surface area contributed by atoms with Gasteiger partial charge in [0, 0.05) is 141 Å². The molecule has 12 rings (SSSR count). The van der Waals surface area contributed by atoms with E-state index in [0.717, 1.165) is 74.2 Å². The van der Waals surface area contributed by atoms with Crippen molar-refractivity contribution in [2.45, 2.75) is 390 Å². The fourth-order valence-electron chi connectivity index (χ4n) is 11.1. The highest BCUT2D eigenvalue weighted by Crippen LogP contribution is 2.29. The van der Waals surface area contributed by atoms with Gasteiger partial charge in [-0.25, -0.2) is 59.8 Å². The van der Waals surface area contributed by atoms with Crippen LogP contribution in [-0.2, 0) is 65.0 Å². The van der Waals surface area contributed by atoms with E-state index in [1.807, 2.05) is 115 Å². The third-order valence-electron chi connectivity index (χ3n) is 19.5. The van der Waals surface area contributed by atoms with Crippen molar-refractivity contribution in [3.8, 4) is 0 Å². The highest BCUT2D eigenvalue weighted by Gasteiger charge is 2.23. The first-order valence-electron chi connectivity index (χ1n) is 46.5. The lowest BCUT2D eigenvalue weighted by Crippen LogP contribution is -2.15. The second-order valence-electron chi connectivity index (χ2n) is 46.9. The third-order valence-corrected chi connectivity index (χ3v) is 19.5. The van der Waals surface area contributed by atoms with Crippen LogP contribution in [0.3, 0.4) is 0 Å². The molecule has 0 atom stereocenters. The number of benzene rings is 4. The van der Waals surface area contributed by atoms with Crippen LogP contribution in [0, 0.1) is 76.2 Å². The minimum atomic E-state index is 0.0632. The first-order valence-corrected chi connectivity index (χ1v) is 46.5. The maximum absolute atomic E-state index is 4.35. The fraction of sp³-hybridized carbons (Fsp3) is 0.504. The topological polar surface area (TPSA) is 180 Å². The Morgan fingerprint density at radius 3 is 0.534 bits per heavy atom. The molecule has 14 nitrogen and oxygen atoms in total. The lowest BCUT2D eigenvalue weighted by molar-refractivity contribution is 0.544. The van der Waals surface area contributed by atoms with Crippen LogP contribution >= 0.6 is 0 Å². The van der Waals surface area contributed by atoms with Crippen LogP contribution in [-0.4, -0.2) is 69.8 Å². The molecule has 0 aliphatic carbocycles. The van der Waals surface area contributed by atoms with Gasteiger partial charge in [-0.2, -0.15) is 0 Å². The zero-order chi connectivity index (χ0) is 101. The zero-order valence-corrected chi connectivity index (χ0v) is 91.0. The summed E-state index contributed by atoms with van der Waals surface area (Å²) in [5.74, 6) is 5.43. The number of nitrogens with zero attached hydrogens (tertiary/aromatic N) is 14. The number of aryl methyl sites for hydroxylation is 11. The van der Waals surface area contributed by atoms with Crippen molar-refractivity contribution in [2.75, 3.05) is 0 Å². The van der Waals surface area contributed by atoms with Crippen molar-refractivity contribution in [1.29, 1.82) is 0 Å². The first kappa shape index (κ1) is 119. The molecular formula is C117H176N14. The van der Waals surface area contributed by atoms with Gasteiger partial charge in [0.05, 0.1) is 0 Å². The molecule has 0 aliphatic heterocycles. The Morgan fingerprint density at radius 1 is 0.153 bits per heavy atom. The molecule has 0 N–H and O–H groups in total. The lowest BCUT2D eigenvalue weighted by atomic mass is 9.84. The number of pyridine rings is 2. The SMILES string of the molecule is CC(C)(C)c1ccccc1.CC(C)(C)c1ncccn1.Cc1ccc(C(C)(C)C)c(C)c1.Cc1ccc(C(C)(C)C)cc1.Cc1ccc(C(C)(C)C)cc1.Cc1ccc(C(C)(C)C)nc1.Cc1ccc(C(C)(C)C)nc1.Cc1cnc(C(C)(C)C)nc1.Cc1cnc(C(C)(C)C)nc1.Cc1cnc(C(C)(C)C)nc1.Cc1cnc(C(C)(C)C)nc1.Cc1cnc(C(C)(C)C)nc1. The summed E-state index contributed by atoms with van der Waals surface area (Å²) in [5, 5.41) is 0. The molecule has 0 fully saturated rings. The van der Waals surface area contributed by atoms with Gasteiger partial charge in [0.15, 0.2) is 0 Å². The Kier molecular flexibility index (Phi) is 47.3. The zero-order valence-electron chi connectivity index (χ0n) is 91.0. The van der Waals surface area contributed by atoms with Gasteiger partial charge < -0.3 is 0 Å². The van der Waals surface area contributed by atoms with Gasteiger partial charge in [-0.15, -0.1) is 0 Å². The average Bonchev–Trinajstić information content (AvgIpc) is 0.835. The minimum Gasteiger partial charge on any atom is -0.260 e. The molecule has 131 heavy (non-hydrogen) atoms. The molecule has 0 amide bonds. The molecule has 8 heterocycles. The van der Waals surface area contributed by atoms with Crippen molar-refractivity contribution in [2.24, 2.45) is 0 Å². The molecule has 0 radical (unpaired) electrons. The van der Waals surface area contributed by atoms with Crippen molar-refractivity contribution in [1.82, 2.24) is 69.8 Å². The van der Waals surface area contributed by atoms with E-state index in [2.05, 4.69) is 482 Å². The van der Waals surface area contributed by atoms with Crippen LogP contribution in [0.4, 0.5) is 0 Å². The summed E-state index contributed by atoms with van der Waals surface area (Å²) in [7, 11) is 0. The summed E-state index contributed by atoms with van der Waals surface area (Å²) >= 11 is 0. The van der Waals surface area contributed by atoms with Crippen LogP contribution in [0.2, 0.25) is 0 Å². The van der Waals surface area contributed by atoms with E-state index >= 15 is 0 Å². The van der Waals surface area contributed by atoms with Gasteiger partial charge in [-0.05, 0) is 183 Å². The van der Waals surface area contributed by atoms with Gasteiger partial charge in [0.25, 0.3) is 0 Å². The van der Waals surface area contributed by atoms with Crippen LogP contribution in [0.15, 0.2) is 214 Å². The maximum Gasteiger partial charge on any atom is 0.133 e. The number of hydrogen-bond donors (Lipinski definition) is 0. The largest absolute Gasteiger partial charge is 0.260 e. The summed E-state index contributed by atoms with van der Waals surface area (Å²) in [6.07, 6.45) is 25.9. The molecule has 0 aliphatic rings. The quantitative estimate of drug-likeness (QED) is 0.140. The standard InChI is InChI=1S/C12H18.2C11H16.2C10H15N.C10H14.5C9H14N2.C8H12N2/c1-9-6-7-11(10(2)8-9)12(3,4)5;2*1-9-5-7-10(8-6-9)11(2,3)4;2*1-8-5-6-9(11-7-8)10(2,3)4;1-10(2,3)9-7-5-4-6-8-9;5*1-7-5-10-8(11-6-7)9(2,3)4;1-8(2,3)7-9-5-4-6-10-7/h6-8H,1-5H3;2*5-8H,1-4H3;2*5-7H,1-4H3;4-8H,1-3H3;5*5-6H,1-4H3;4-6H,1-3H3. The molecule has 14 heteroatoms. The minimum absolute atomic E-state index is 0.0632. The summed E-state index contributed by atoms with van der Waals surface area (Å²) in [6.45, 7) is 100. The summed E-state index contributed by atoms with van der Waals surface area (Å²) in [6, 6.07) is 44.9. The Bertz CT molecular complexity index is 4260. The monoisotopic (exact) mass is 1780 g/mol. The molecular weight excluding hydrogens is 1600 g/mol. The van der Waals surface area contributed by atoms with E-state index < -0.39 is 0 Å². The van der Waals surface area contributed by atoms with E-state index in [9.17, 15) is 0 Å². The maximum atomic E-state index is 4.35. The molecule has 0 bridgehead atoms. The van der Waals surface area contributed by atoms with E-state index in [4.69, 9.17) is 0 Å². The van der Waals surface area contributed by atoms with Gasteiger partial charge in [0.1, 0.15) is 34.9 Å². The Labute approximate surface area is 799 Å².